The molecule has 0 unspecified atom stereocenters. The Morgan fingerprint density at radius 3 is 3.00 bits per heavy atom. The van der Waals surface area contributed by atoms with E-state index in [2.05, 4.69) is 26.0 Å². The smallest absolute Gasteiger partial charge is 0.331 e. The van der Waals surface area contributed by atoms with Gasteiger partial charge in [-0.25, -0.2) is 4.79 Å². The van der Waals surface area contributed by atoms with Gasteiger partial charge >= 0.3 is 5.97 Å². The van der Waals surface area contributed by atoms with Crippen LogP contribution in [0.1, 0.15) is 0 Å². The first-order chi connectivity index (χ1) is 7.13. The van der Waals surface area contributed by atoms with E-state index in [1.54, 1.807) is 6.07 Å². The molecule has 3 nitrogen and oxygen atoms in total. The van der Waals surface area contributed by atoms with Crippen molar-refractivity contribution in [1.82, 2.24) is 0 Å². The molecule has 1 N–H and O–H groups in total. The molecule has 0 aliphatic carbocycles. The summed E-state index contributed by atoms with van der Waals surface area (Å²) in [6.07, 6.45) is 2.75. The summed E-state index contributed by atoms with van der Waals surface area (Å²) in [4.78, 5) is 10.8. The van der Waals surface area contributed by atoms with Crippen LogP contribution in [-0.2, 0) is 9.53 Å². The van der Waals surface area contributed by atoms with Crippen LogP contribution in [0.3, 0.4) is 0 Å². The number of rotatable bonds is 3. The highest BCUT2D eigenvalue weighted by Crippen LogP contribution is 2.25. The minimum Gasteiger partial charge on any atom is -0.466 e. The summed E-state index contributed by atoms with van der Waals surface area (Å²) in [6.45, 7) is 0. The number of esters is 1. The van der Waals surface area contributed by atoms with Crippen LogP contribution in [0.5, 0.6) is 0 Å². The highest BCUT2D eigenvalue weighted by Gasteiger charge is 1.98. The van der Waals surface area contributed by atoms with Crippen LogP contribution < -0.4 is 5.32 Å². The number of ether oxygens (including phenoxy) is 1. The minimum atomic E-state index is -0.423. The van der Waals surface area contributed by atoms with Crippen LogP contribution in [0, 0.1) is 0 Å². The van der Waals surface area contributed by atoms with Gasteiger partial charge < -0.3 is 10.1 Å². The summed E-state index contributed by atoms with van der Waals surface area (Å²) in [7, 11) is 1.32. The average molecular weight is 291 g/mol. The molecule has 0 aliphatic rings. The first-order valence-electron chi connectivity index (χ1n) is 4.09. The van der Waals surface area contributed by atoms with Gasteiger partial charge in [-0.2, -0.15) is 0 Å². The Morgan fingerprint density at radius 2 is 2.33 bits per heavy atom. The lowest BCUT2D eigenvalue weighted by Gasteiger charge is -2.03. The second-order valence-electron chi connectivity index (χ2n) is 2.62. The Kier molecular flexibility index (Phi) is 4.65. The van der Waals surface area contributed by atoms with E-state index in [4.69, 9.17) is 11.6 Å². The Balaban J connectivity index is 2.68. The molecule has 0 atom stereocenters. The fourth-order valence-electron chi connectivity index (χ4n) is 0.876. The van der Waals surface area contributed by atoms with Gasteiger partial charge in [0.1, 0.15) is 0 Å². The lowest BCUT2D eigenvalue weighted by Crippen LogP contribution is -1.96. The van der Waals surface area contributed by atoms with Gasteiger partial charge in [0.25, 0.3) is 0 Å². The quantitative estimate of drug-likeness (QED) is 0.686. The summed E-state index contributed by atoms with van der Waals surface area (Å²) >= 11 is 9.23. The van der Waals surface area contributed by atoms with Gasteiger partial charge in [0.15, 0.2) is 0 Å². The molecule has 1 aromatic carbocycles. The molecule has 0 saturated carbocycles. The van der Waals surface area contributed by atoms with E-state index in [-0.39, 0.29) is 0 Å². The molecule has 1 rings (SSSR count). The zero-order valence-electron chi connectivity index (χ0n) is 7.96. The van der Waals surface area contributed by atoms with Crippen molar-refractivity contribution in [3.05, 3.63) is 40.0 Å². The molecule has 0 bridgehead atoms. The first kappa shape index (κ1) is 12.1. The predicted molar refractivity (Wildman–Crippen MR) is 63.9 cm³/mol. The molecular formula is C10H9BrClNO2. The standard InChI is InChI=1S/C10H9BrClNO2/c1-15-10(14)4-5-13-9-6-7(11)2-3-8(9)12/h2-6,13H,1H3/b5-4+. The van der Waals surface area contributed by atoms with Gasteiger partial charge in [-0.3, -0.25) is 0 Å². The number of carbonyl (C=O) groups is 1. The summed E-state index contributed by atoms with van der Waals surface area (Å²) in [5.74, 6) is -0.423. The van der Waals surface area contributed by atoms with Crippen molar-refractivity contribution in [3.63, 3.8) is 0 Å². The Labute approximate surface area is 101 Å². The van der Waals surface area contributed by atoms with Crippen molar-refractivity contribution in [1.29, 1.82) is 0 Å². The van der Waals surface area contributed by atoms with Gasteiger partial charge in [-0.1, -0.05) is 27.5 Å². The van der Waals surface area contributed by atoms with Gasteiger partial charge in [0.2, 0.25) is 0 Å². The van der Waals surface area contributed by atoms with Crippen molar-refractivity contribution >= 4 is 39.2 Å². The second kappa shape index (κ2) is 5.78. The third-order valence-corrected chi connectivity index (χ3v) is 2.41. The van der Waals surface area contributed by atoms with Crippen molar-refractivity contribution in [3.8, 4) is 0 Å². The van der Waals surface area contributed by atoms with Crippen LogP contribution in [0.15, 0.2) is 34.9 Å². The number of anilines is 1. The Hall–Kier alpha value is -1.000. The van der Waals surface area contributed by atoms with Crippen molar-refractivity contribution in [2.45, 2.75) is 0 Å². The lowest BCUT2D eigenvalue weighted by atomic mass is 10.3. The highest BCUT2D eigenvalue weighted by molar-refractivity contribution is 9.10. The molecule has 0 spiro atoms. The first-order valence-corrected chi connectivity index (χ1v) is 5.26. The number of nitrogens with one attached hydrogen (secondary N) is 1. The van der Waals surface area contributed by atoms with E-state index < -0.39 is 5.97 Å². The van der Waals surface area contributed by atoms with Gasteiger partial charge in [-0.15, -0.1) is 0 Å². The van der Waals surface area contributed by atoms with Gasteiger partial charge in [0.05, 0.1) is 17.8 Å². The molecule has 0 amide bonds. The summed E-state index contributed by atoms with van der Waals surface area (Å²) in [6, 6.07) is 5.39. The van der Waals surface area contributed by atoms with Crippen LogP contribution in [0.2, 0.25) is 5.02 Å². The van der Waals surface area contributed by atoms with E-state index in [1.165, 1.54) is 19.4 Å². The van der Waals surface area contributed by atoms with E-state index in [1.807, 2.05) is 12.1 Å². The minimum absolute atomic E-state index is 0.423. The lowest BCUT2D eigenvalue weighted by molar-refractivity contribution is -0.134. The SMILES string of the molecule is COC(=O)/C=C/Nc1cc(Br)ccc1Cl. The van der Waals surface area contributed by atoms with E-state index in [9.17, 15) is 4.79 Å². The van der Waals surface area contributed by atoms with Gasteiger partial charge in [-0.05, 0) is 18.2 Å². The Bertz CT molecular complexity index is 393. The Morgan fingerprint density at radius 1 is 1.60 bits per heavy atom. The second-order valence-corrected chi connectivity index (χ2v) is 3.95. The third-order valence-electron chi connectivity index (χ3n) is 1.59. The van der Waals surface area contributed by atoms with Crippen LogP contribution >= 0.6 is 27.5 Å². The van der Waals surface area contributed by atoms with E-state index >= 15 is 0 Å². The largest absolute Gasteiger partial charge is 0.466 e. The number of hydrogen-bond donors (Lipinski definition) is 1. The highest BCUT2D eigenvalue weighted by atomic mass is 79.9. The molecule has 1 aromatic rings. The molecule has 15 heavy (non-hydrogen) atoms. The molecule has 0 aliphatic heterocycles. The topological polar surface area (TPSA) is 38.3 Å². The van der Waals surface area contributed by atoms with Crippen molar-refractivity contribution < 1.29 is 9.53 Å². The normalized spacial score (nSPS) is 10.3. The van der Waals surface area contributed by atoms with E-state index in [0.29, 0.717) is 10.7 Å². The van der Waals surface area contributed by atoms with Crippen LogP contribution in [0.25, 0.3) is 0 Å². The summed E-state index contributed by atoms with van der Waals surface area (Å²) < 4.78 is 5.34. The third kappa shape index (κ3) is 3.93. The fraction of sp³-hybridized carbons (Fsp3) is 0.100. The molecule has 0 aromatic heterocycles. The van der Waals surface area contributed by atoms with E-state index in [0.717, 1.165) is 4.47 Å². The predicted octanol–water partition coefficient (Wildman–Crippen LogP) is 3.20. The molecule has 80 valence electrons. The maximum atomic E-state index is 10.8. The van der Waals surface area contributed by atoms with Crippen molar-refractivity contribution in [2.75, 3.05) is 12.4 Å². The molecule has 0 fully saturated rings. The number of methoxy groups -OCH3 is 1. The molecule has 0 saturated heterocycles. The maximum absolute atomic E-state index is 10.8. The van der Waals surface area contributed by atoms with Crippen LogP contribution in [0.4, 0.5) is 5.69 Å². The van der Waals surface area contributed by atoms with Gasteiger partial charge in [0, 0.05) is 16.7 Å². The van der Waals surface area contributed by atoms with Crippen molar-refractivity contribution in [2.24, 2.45) is 0 Å². The maximum Gasteiger partial charge on any atom is 0.331 e. The number of hydrogen-bond acceptors (Lipinski definition) is 3. The molecular weight excluding hydrogens is 281 g/mol. The molecule has 5 heteroatoms. The monoisotopic (exact) mass is 289 g/mol. The number of carbonyl (C=O) groups excluding carboxylic acids is 1. The fourth-order valence-corrected chi connectivity index (χ4v) is 1.41. The average Bonchev–Trinajstić information content (AvgIpc) is 2.23. The zero-order chi connectivity index (χ0) is 11.3. The molecule has 0 radical (unpaired) electrons. The molecule has 0 heterocycles. The zero-order valence-corrected chi connectivity index (χ0v) is 10.3. The number of benzene rings is 1. The summed E-state index contributed by atoms with van der Waals surface area (Å²) in [5, 5.41) is 3.45. The number of halogens is 2. The van der Waals surface area contributed by atoms with Crippen LogP contribution in [-0.4, -0.2) is 13.1 Å². The summed E-state index contributed by atoms with van der Waals surface area (Å²) in [5.41, 5.74) is 0.714.